The van der Waals surface area contributed by atoms with Gasteiger partial charge in [-0.15, -0.1) is 5.10 Å². The summed E-state index contributed by atoms with van der Waals surface area (Å²) in [5, 5.41) is 9.34. The Morgan fingerprint density at radius 3 is 2.69 bits per heavy atom. The van der Waals surface area contributed by atoms with Gasteiger partial charge in [-0.2, -0.15) is 5.10 Å². The highest BCUT2D eigenvalue weighted by Gasteiger charge is 2.15. The van der Waals surface area contributed by atoms with Gasteiger partial charge in [0.2, 0.25) is 5.16 Å². The fourth-order valence-electron chi connectivity index (χ4n) is 1.62. The quantitative estimate of drug-likeness (QED) is 0.725. The molecule has 1 aliphatic rings. The number of hydrogen-bond donors (Lipinski definition) is 0. The van der Waals surface area contributed by atoms with Crippen LogP contribution in [0.1, 0.15) is 32.1 Å². The predicted octanol–water partition coefficient (Wildman–Crippen LogP) is 2.30. The molecule has 0 saturated heterocycles. The summed E-state index contributed by atoms with van der Waals surface area (Å²) in [6.07, 6.45) is 10.1. The minimum absolute atomic E-state index is 0.720. The van der Waals surface area contributed by atoms with Crippen LogP contribution in [0.3, 0.4) is 0 Å². The highest BCUT2D eigenvalue weighted by molar-refractivity contribution is 7.99. The minimum Gasteiger partial charge on any atom is -0.228 e. The first kappa shape index (κ1) is 8.94. The maximum Gasteiger partial charge on any atom is 0.209 e. The lowest BCUT2D eigenvalue weighted by Gasteiger charge is -2.19. The van der Waals surface area contributed by atoms with Crippen LogP contribution < -0.4 is 0 Å². The van der Waals surface area contributed by atoms with Gasteiger partial charge < -0.3 is 0 Å². The number of hydrogen-bond acceptors (Lipinski definition) is 4. The molecule has 1 aromatic rings. The van der Waals surface area contributed by atoms with Crippen LogP contribution in [0, 0.1) is 0 Å². The third-order valence-electron chi connectivity index (χ3n) is 2.29. The monoisotopic (exact) mass is 195 g/mol. The molecule has 13 heavy (non-hydrogen) atoms. The van der Waals surface area contributed by atoms with Crippen molar-refractivity contribution in [2.75, 3.05) is 0 Å². The van der Waals surface area contributed by atoms with E-state index in [1.807, 2.05) is 0 Å². The Morgan fingerprint density at radius 1 is 1.15 bits per heavy atom. The van der Waals surface area contributed by atoms with Crippen molar-refractivity contribution in [2.24, 2.45) is 0 Å². The lowest BCUT2D eigenvalue weighted by atomic mass is 10.0. The first-order valence-corrected chi connectivity index (χ1v) is 5.63. The Balaban J connectivity index is 1.90. The summed E-state index contributed by atoms with van der Waals surface area (Å²) >= 11 is 1.78. The van der Waals surface area contributed by atoms with E-state index in [-0.39, 0.29) is 0 Å². The summed E-state index contributed by atoms with van der Waals surface area (Å²) in [6.45, 7) is 0. The van der Waals surface area contributed by atoms with Gasteiger partial charge in [-0.1, -0.05) is 31.0 Å². The van der Waals surface area contributed by atoms with Gasteiger partial charge in [0.05, 0.1) is 12.4 Å². The summed E-state index contributed by atoms with van der Waals surface area (Å²) in [7, 11) is 0. The number of thioether (sulfide) groups is 1. The first-order chi connectivity index (χ1) is 6.45. The van der Waals surface area contributed by atoms with E-state index in [0.29, 0.717) is 0 Å². The summed E-state index contributed by atoms with van der Waals surface area (Å²) in [4.78, 5) is 4.16. The van der Waals surface area contributed by atoms with Gasteiger partial charge in [0, 0.05) is 5.25 Å². The van der Waals surface area contributed by atoms with Crippen molar-refractivity contribution < 1.29 is 0 Å². The zero-order valence-corrected chi connectivity index (χ0v) is 8.33. The van der Waals surface area contributed by atoms with Crippen LogP contribution in [0.2, 0.25) is 0 Å². The van der Waals surface area contributed by atoms with E-state index in [9.17, 15) is 0 Å². The molecule has 1 aromatic heterocycles. The second-order valence-corrected chi connectivity index (χ2v) is 4.57. The van der Waals surface area contributed by atoms with E-state index in [2.05, 4.69) is 15.2 Å². The predicted molar refractivity (Wildman–Crippen MR) is 52.6 cm³/mol. The average molecular weight is 195 g/mol. The molecule has 0 radical (unpaired) electrons. The first-order valence-electron chi connectivity index (χ1n) is 4.75. The van der Waals surface area contributed by atoms with Gasteiger partial charge in [0.25, 0.3) is 0 Å². The van der Waals surface area contributed by atoms with Crippen molar-refractivity contribution in [3.63, 3.8) is 0 Å². The number of nitrogens with zero attached hydrogens (tertiary/aromatic N) is 3. The molecule has 0 aromatic carbocycles. The lowest BCUT2D eigenvalue weighted by Crippen LogP contribution is -2.08. The van der Waals surface area contributed by atoms with Gasteiger partial charge in [-0.3, -0.25) is 0 Å². The highest BCUT2D eigenvalue weighted by Crippen LogP contribution is 2.31. The molecule has 1 fully saturated rings. The van der Waals surface area contributed by atoms with Gasteiger partial charge in [-0.25, -0.2) is 4.98 Å². The standard InChI is InChI=1S/C9H13N3S/c1-2-4-8(5-3-1)13-9-10-6-7-11-12-9/h6-8H,1-5H2. The Labute approximate surface area is 82.4 Å². The zero-order valence-electron chi connectivity index (χ0n) is 7.52. The number of rotatable bonds is 2. The van der Waals surface area contributed by atoms with E-state index < -0.39 is 0 Å². The Hall–Kier alpha value is -0.640. The van der Waals surface area contributed by atoms with E-state index in [4.69, 9.17) is 0 Å². The summed E-state index contributed by atoms with van der Waals surface area (Å²) in [6, 6.07) is 0. The fraction of sp³-hybridized carbons (Fsp3) is 0.667. The Bertz CT molecular complexity index is 246. The van der Waals surface area contributed by atoms with E-state index in [1.165, 1.54) is 32.1 Å². The van der Waals surface area contributed by atoms with Crippen LogP contribution in [-0.4, -0.2) is 20.4 Å². The highest BCUT2D eigenvalue weighted by atomic mass is 32.2. The van der Waals surface area contributed by atoms with Crippen LogP contribution in [0.5, 0.6) is 0 Å². The van der Waals surface area contributed by atoms with Gasteiger partial charge in [0.15, 0.2) is 0 Å². The van der Waals surface area contributed by atoms with E-state index in [0.717, 1.165) is 10.4 Å². The Morgan fingerprint density at radius 2 is 2.00 bits per heavy atom. The van der Waals surface area contributed by atoms with E-state index in [1.54, 1.807) is 24.2 Å². The second kappa shape index (κ2) is 4.56. The average Bonchev–Trinajstić information content (AvgIpc) is 2.21. The molecule has 0 bridgehead atoms. The van der Waals surface area contributed by atoms with Crippen molar-refractivity contribution in [3.8, 4) is 0 Å². The summed E-state index contributed by atoms with van der Waals surface area (Å²) < 4.78 is 0. The molecule has 4 heteroatoms. The van der Waals surface area contributed by atoms with Crippen molar-refractivity contribution in [3.05, 3.63) is 12.4 Å². The second-order valence-electron chi connectivity index (χ2n) is 3.30. The van der Waals surface area contributed by atoms with Crippen molar-refractivity contribution in [2.45, 2.75) is 42.5 Å². The van der Waals surface area contributed by atoms with Crippen LogP contribution in [0.15, 0.2) is 17.6 Å². The van der Waals surface area contributed by atoms with Crippen LogP contribution in [-0.2, 0) is 0 Å². The van der Waals surface area contributed by atoms with Crippen LogP contribution in [0.4, 0.5) is 0 Å². The maximum absolute atomic E-state index is 4.16. The molecule has 0 aliphatic heterocycles. The SMILES string of the molecule is c1cnc(SC2CCCCC2)nn1. The van der Waals surface area contributed by atoms with Crippen molar-refractivity contribution in [1.82, 2.24) is 15.2 Å². The molecule has 0 unspecified atom stereocenters. The van der Waals surface area contributed by atoms with Crippen molar-refractivity contribution >= 4 is 11.8 Å². The fourth-order valence-corrected chi connectivity index (χ4v) is 2.70. The summed E-state index contributed by atoms with van der Waals surface area (Å²) in [5.41, 5.74) is 0. The molecule has 70 valence electrons. The smallest absolute Gasteiger partial charge is 0.209 e. The van der Waals surface area contributed by atoms with E-state index >= 15 is 0 Å². The molecule has 2 rings (SSSR count). The molecular weight excluding hydrogens is 182 g/mol. The molecule has 0 spiro atoms. The molecule has 0 N–H and O–H groups in total. The third-order valence-corrected chi connectivity index (χ3v) is 3.49. The zero-order chi connectivity index (χ0) is 8.93. The molecule has 0 amide bonds. The Kier molecular flexibility index (Phi) is 3.13. The van der Waals surface area contributed by atoms with Gasteiger partial charge >= 0.3 is 0 Å². The number of aromatic nitrogens is 3. The van der Waals surface area contributed by atoms with Crippen LogP contribution >= 0.6 is 11.8 Å². The van der Waals surface area contributed by atoms with Crippen molar-refractivity contribution in [1.29, 1.82) is 0 Å². The largest absolute Gasteiger partial charge is 0.228 e. The third kappa shape index (κ3) is 2.66. The molecule has 1 heterocycles. The normalized spacial score (nSPS) is 18.8. The van der Waals surface area contributed by atoms with Crippen LogP contribution in [0.25, 0.3) is 0 Å². The topological polar surface area (TPSA) is 38.7 Å². The summed E-state index contributed by atoms with van der Waals surface area (Å²) in [5.74, 6) is 0. The molecule has 0 atom stereocenters. The maximum atomic E-state index is 4.16. The lowest BCUT2D eigenvalue weighted by molar-refractivity contribution is 0.515. The molecular formula is C9H13N3S. The van der Waals surface area contributed by atoms with Gasteiger partial charge in [0.1, 0.15) is 0 Å². The molecule has 3 nitrogen and oxygen atoms in total. The molecule has 1 aliphatic carbocycles. The van der Waals surface area contributed by atoms with Gasteiger partial charge in [-0.05, 0) is 12.8 Å². The molecule has 1 saturated carbocycles. The minimum atomic E-state index is 0.720.